The van der Waals surface area contributed by atoms with Gasteiger partial charge in [0.05, 0.1) is 5.70 Å². The number of hydrogen-bond acceptors (Lipinski definition) is 6. The summed E-state index contributed by atoms with van der Waals surface area (Å²) in [5.74, 6) is -2.67. The molecule has 1 aliphatic carbocycles. The zero-order valence-corrected chi connectivity index (χ0v) is 16.1. The average Bonchev–Trinajstić information content (AvgIpc) is 3.50. The van der Waals surface area contributed by atoms with E-state index in [0.29, 0.717) is 22.4 Å². The van der Waals surface area contributed by atoms with Gasteiger partial charge in [0.25, 0.3) is 11.8 Å². The number of carboxylic acid groups (broad SMARTS) is 1. The number of carbonyl (C=O) groups excluding carboxylic acids is 2. The van der Waals surface area contributed by atoms with E-state index in [1.165, 1.54) is 11.2 Å². The summed E-state index contributed by atoms with van der Waals surface area (Å²) >= 11 is 0. The lowest BCUT2D eigenvalue weighted by molar-refractivity contribution is -0.137. The molecule has 2 amide bonds. The number of fused-ring (bicyclic) bond motifs is 1. The van der Waals surface area contributed by atoms with Crippen molar-refractivity contribution >= 4 is 35.5 Å². The van der Waals surface area contributed by atoms with E-state index in [1.807, 2.05) is 0 Å². The Morgan fingerprint density at radius 3 is 2.55 bits per heavy atom. The maximum Gasteiger partial charge on any atom is 0.322 e. The molecule has 29 heavy (non-hydrogen) atoms. The van der Waals surface area contributed by atoms with Crippen LogP contribution in [-0.4, -0.2) is 51.8 Å². The van der Waals surface area contributed by atoms with Crippen LogP contribution in [0.15, 0.2) is 35.1 Å². The standard InChI is InChI=1S/C20H22N4O5/c1-3-14-16-12(6-5-7-13(16)19(28)23-11-8-9-11)18(27)17(24(14)22-4-2)20(29)21-10-15(25)26/h3-7,11,27H,8-10H2,1-2H3,(H,21,29)(H,23,28)(H,25,26)/b14-3+,22-4-. The Bertz CT molecular complexity index is 960. The lowest BCUT2D eigenvalue weighted by Crippen LogP contribution is -2.38. The molecule has 0 saturated heterocycles. The normalized spacial score (nSPS) is 17.4. The van der Waals surface area contributed by atoms with Crippen LogP contribution < -0.4 is 10.6 Å². The molecule has 9 heteroatoms. The fraction of sp³-hybridized carbons (Fsp3) is 0.300. The molecule has 3 rings (SSSR count). The lowest BCUT2D eigenvalue weighted by atomic mass is 9.91. The molecule has 9 nitrogen and oxygen atoms in total. The summed E-state index contributed by atoms with van der Waals surface area (Å²) in [6, 6.07) is 5.02. The maximum atomic E-state index is 12.8. The zero-order chi connectivity index (χ0) is 21.1. The molecule has 0 spiro atoms. The highest BCUT2D eigenvalue weighted by atomic mass is 16.4. The number of nitrogens with one attached hydrogen (secondary N) is 2. The van der Waals surface area contributed by atoms with Gasteiger partial charge >= 0.3 is 5.97 Å². The van der Waals surface area contributed by atoms with Crippen LogP contribution in [0.1, 0.15) is 48.2 Å². The van der Waals surface area contributed by atoms with Crippen molar-refractivity contribution in [1.29, 1.82) is 0 Å². The molecule has 4 N–H and O–H groups in total. The zero-order valence-electron chi connectivity index (χ0n) is 16.1. The maximum absolute atomic E-state index is 12.8. The van der Waals surface area contributed by atoms with E-state index < -0.39 is 18.4 Å². The number of benzene rings is 1. The second-order valence-electron chi connectivity index (χ2n) is 6.61. The van der Waals surface area contributed by atoms with E-state index in [1.54, 1.807) is 38.1 Å². The molecule has 1 aromatic rings. The summed E-state index contributed by atoms with van der Waals surface area (Å²) < 4.78 is 0. The third-order valence-corrected chi connectivity index (χ3v) is 4.52. The third kappa shape index (κ3) is 3.98. The van der Waals surface area contributed by atoms with E-state index >= 15 is 0 Å². The molecule has 0 radical (unpaired) electrons. The minimum absolute atomic E-state index is 0.155. The molecule has 0 unspecified atom stereocenters. The van der Waals surface area contributed by atoms with Crippen molar-refractivity contribution in [1.82, 2.24) is 15.6 Å². The number of carbonyl (C=O) groups is 3. The number of carboxylic acids is 1. The highest BCUT2D eigenvalue weighted by Crippen LogP contribution is 2.39. The van der Waals surface area contributed by atoms with Gasteiger partial charge in [-0.25, -0.2) is 5.01 Å². The van der Waals surface area contributed by atoms with Gasteiger partial charge in [-0.1, -0.05) is 18.2 Å². The van der Waals surface area contributed by atoms with Gasteiger partial charge in [0.2, 0.25) is 0 Å². The molecule has 2 aliphatic rings. The van der Waals surface area contributed by atoms with Crippen molar-refractivity contribution in [2.75, 3.05) is 6.54 Å². The van der Waals surface area contributed by atoms with Crippen molar-refractivity contribution in [3.63, 3.8) is 0 Å². The van der Waals surface area contributed by atoms with Gasteiger partial charge < -0.3 is 20.8 Å². The number of hydrazone groups is 1. The van der Waals surface area contributed by atoms with Crippen molar-refractivity contribution in [2.24, 2.45) is 5.10 Å². The summed E-state index contributed by atoms with van der Waals surface area (Å²) in [7, 11) is 0. The van der Waals surface area contributed by atoms with Gasteiger partial charge in [0, 0.05) is 28.9 Å². The summed E-state index contributed by atoms with van der Waals surface area (Å²) in [6.45, 7) is 2.75. The number of amides is 2. The predicted molar refractivity (Wildman–Crippen MR) is 107 cm³/mol. The molecule has 0 aromatic heterocycles. The van der Waals surface area contributed by atoms with E-state index in [2.05, 4.69) is 15.7 Å². The first-order valence-corrected chi connectivity index (χ1v) is 9.21. The van der Waals surface area contributed by atoms with E-state index in [-0.39, 0.29) is 23.4 Å². The molecule has 1 aromatic carbocycles. The van der Waals surface area contributed by atoms with Crippen molar-refractivity contribution in [3.05, 3.63) is 46.7 Å². The van der Waals surface area contributed by atoms with Crippen LogP contribution in [0.5, 0.6) is 0 Å². The van der Waals surface area contributed by atoms with Crippen LogP contribution in [0.2, 0.25) is 0 Å². The molecule has 0 atom stereocenters. The Morgan fingerprint density at radius 1 is 1.24 bits per heavy atom. The van der Waals surface area contributed by atoms with Crippen LogP contribution in [0.3, 0.4) is 0 Å². The number of aliphatic carboxylic acids is 1. The monoisotopic (exact) mass is 398 g/mol. The Labute approximate surface area is 167 Å². The Morgan fingerprint density at radius 2 is 1.97 bits per heavy atom. The van der Waals surface area contributed by atoms with Crippen LogP contribution in [-0.2, 0) is 9.59 Å². The molecule has 1 saturated carbocycles. The van der Waals surface area contributed by atoms with Gasteiger partial charge in [-0.2, -0.15) is 5.10 Å². The van der Waals surface area contributed by atoms with Crippen LogP contribution in [0, 0.1) is 0 Å². The Kier molecular flexibility index (Phi) is 5.67. The fourth-order valence-corrected chi connectivity index (χ4v) is 3.11. The number of aliphatic hydroxyl groups excluding tert-OH is 1. The third-order valence-electron chi connectivity index (χ3n) is 4.52. The van der Waals surface area contributed by atoms with Gasteiger partial charge in [0.1, 0.15) is 6.54 Å². The summed E-state index contributed by atoms with van der Waals surface area (Å²) in [6.07, 6.45) is 4.97. The molecule has 1 fully saturated rings. The van der Waals surface area contributed by atoms with Crippen molar-refractivity contribution in [2.45, 2.75) is 32.7 Å². The number of nitrogens with zero attached hydrogens (tertiary/aromatic N) is 2. The van der Waals surface area contributed by atoms with Crippen molar-refractivity contribution in [3.8, 4) is 0 Å². The molecule has 1 heterocycles. The molecule has 152 valence electrons. The van der Waals surface area contributed by atoms with Crippen molar-refractivity contribution < 1.29 is 24.6 Å². The molecule has 0 bridgehead atoms. The first-order valence-electron chi connectivity index (χ1n) is 9.21. The SMILES string of the molecule is C/C=N\N1C(C(=O)NCC(=O)O)=C(O)c2cccc(C(=O)NC3CC3)c2/C1=C\C. The summed E-state index contributed by atoms with van der Waals surface area (Å²) in [5.41, 5.74) is 1.31. The summed E-state index contributed by atoms with van der Waals surface area (Å²) in [4.78, 5) is 36.2. The highest BCUT2D eigenvalue weighted by Gasteiger charge is 2.36. The number of rotatable bonds is 6. The predicted octanol–water partition coefficient (Wildman–Crippen LogP) is 1.69. The first-order chi connectivity index (χ1) is 13.9. The quantitative estimate of drug-likeness (QED) is 0.539. The molecular formula is C20H22N4O5. The fourth-order valence-electron chi connectivity index (χ4n) is 3.11. The second kappa shape index (κ2) is 8.17. The lowest BCUT2D eigenvalue weighted by Gasteiger charge is -2.31. The van der Waals surface area contributed by atoms with Gasteiger partial charge in [-0.05, 0) is 32.8 Å². The number of allylic oxidation sites excluding steroid dienone is 1. The second-order valence-corrected chi connectivity index (χ2v) is 6.61. The minimum atomic E-state index is -1.22. The van der Waals surface area contributed by atoms with Crippen LogP contribution in [0.4, 0.5) is 0 Å². The van der Waals surface area contributed by atoms with E-state index in [0.717, 1.165) is 12.8 Å². The molecule has 1 aliphatic heterocycles. The highest BCUT2D eigenvalue weighted by molar-refractivity contribution is 6.08. The Hall–Kier alpha value is -3.62. The van der Waals surface area contributed by atoms with E-state index in [9.17, 15) is 19.5 Å². The topological polar surface area (TPSA) is 131 Å². The van der Waals surface area contributed by atoms with Gasteiger partial charge in [0.15, 0.2) is 11.5 Å². The van der Waals surface area contributed by atoms with E-state index in [4.69, 9.17) is 5.11 Å². The Balaban J connectivity index is 2.15. The number of hydrogen-bond donors (Lipinski definition) is 4. The first kappa shape index (κ1) is 20.1. The average molecular weight is 398 g/mol. The van der Waals surface area contributed by atoms with Gasteiger partial charge in [-0.15, -0.1) is 0 Å². The van der Waals surface area contributed by atoms with Gasteiger partial charge in [-0.3, -0.25) is 14.4 Å². The van der Waals surface area contributed by atoms with Crippen LogP contribution >= 0.6 is 0 Å². The molecular weight excluding hydrogens is 376 g/mol. The van der Waals surface area contributed by atoms with Crippen LogP contribution in [0.25, 0.3) is 11.5 Å². The smallest absolute Gasteiger partial charge is 0.322 e. The largest absolute Gasteiger partial charge is 0.505 e. The minimum Gasteiger partial charge on any atom is -0.505 e. The number of aliphatic hydroxyl groups is 1. The summed E-state index contributed by atoms with van der Waals surface area (Å²) in [5, 5.41) is 30.2.